The van der Waals surface area contributed by atoms with E-state index in [1.807, 2.05) is 0 Å². The van der Waals surface area contributed by atoms with Crippen molar-refractivity contribution in [2.24, 2.45) is 0 Å². The number of fused-ring (bicyclic) bond motifs is 1. The number of hydrogen-bond donors (Lipinski definition) is 1. The van der Waals surface area contributed by atoms with Gasteiger partial charge >= 0.3 is 5.97 Å². The predicted molar refractivity (Wildman–Crippen MR) is 113 cm³/mol. The fourth-order valence-electron chi connectivity index (χ4n) is 3.89. The number of aromatic nitrogens is 2. The standard InChI is InChI=1S/C23H31N3O2/c1-7-10-26(21-24-13-15(14-25-21)20(27)28)19-12-16(22(2,3)4)11-18-17(19)8-9-23(18,5)6/h11-14H,7-10H2,1-6H3,(H,27,28). The monoisotopic (exact) mass is 381 g/mol. The molecular formula is C23H31N3O2. The second kappa shape index (κ2) is 7.19. The van der Waals surface area contributed by atoms with Crippen molar-refractivity contribution in [2.45, 2.75) is 71.6 Å². The largest absolute Gasteiger partial charge is 0.478 e. The molecule has 1 aromatic carbocycles. The van der Waals surface area contributed by atoms with Crippen LogP contribution in [0.1, 0.15) is 81.4 Å². The molecule has 0 saturated heterocycles. The number of rotatable bonds is 5. The lowest BCUT2D eigenvalue weighted by atomic mass is 9.80. The van der Waals surface area contributed by atoms with E-state index in [2.05, 4.69) is 68.5 Å². The van der Waals surface area contributed by atoms with Crippen molar-refractivity contribution in [1.29, 1.82) is 0 Å². The van der Waals surface area contributed by atoms with Gasteiger partial charge in [-0.3, -0.25) is 0 Å². The first-order valence-corrected chi connectivity index (χ1v) is 10.1. The van der Waals surface area contributed by atoms with E-state index in [1.54, 1.807) is 0 Å². The minimum Gasteiger partial charge on any atom is -0.478 e. The molecule has 2 aromatic rings. The summed E-state index contributed by atoms with van der Waals surface area (Å²) in [6.07, 6.45) is 5.90. The van der Waals surface area contributed by atoms with Gasteiger partial charge in [0.2, 0.25) is 5.95 Å². The van der Waals surface area contributed by atoms with E-state index in [-0.39, 0.29) is 16.4 Å². The quantitative estimate of drug-likeness (QED) is 0.767. The van der Waals surface area contributed by atoms with Gasteiger partial charge in [-0.1, -0.05) is 47.6 Å². The minimum atomic E-state index is -1.01. The lowest BCUT2D eigenvalue weighted by Gasteiger charge is -2.30. The van der Waals surface area contributed by atoms with Crippen molar-refractivity contribution in [3.05, 3.63) is 46.8 Å². The average molecular weight is 382 g/mol. The number of carboxylic acids is 1. The molecule has 1 aliphatic rings. The normalized spacial score (nSPS) is 15.4. The second-order valence-electron chi connectivity index (χ2n) is 9.38. The maximum Gasteiger partial charge on any atom is 0.338 e. The smallest absolute Gasteiger partial charge is 0.338 e. The number of nitrogens with zero attached hydrogens (tertiary/aromatic N) is 3. The number of anilines is 2. The molecule has 0 spiro atoms. The Kier molecular flexibility index (Phi) is 5.22. The molecule has 3 rings (SSSR count). The number of hydrogen-bond acceptors (Lipinski definition) is 4. The first-order valence-electron chi connectivity index (χ1n) is 10.1. The summed E-state index contributed by atoms with van der Waals surface area (Å²) in [5, 5.41) is 9.15. The van der Waals surface area contributed by atoms with Crippen molar-refractivity contribution in [2.75, 3.05) is 11.4 Å². The van der Waals surface area contributed by atoms with Crippen molar-refractivity contribution in [1.82, 2.24) is 9.97 Å². The van der Waals surface area contributed by atoms with Crippen molar-refractivity contribution < 1.29 is 9.90 Å². The van der Waals surface area contributed by atoms with E-state index in [0.29, 0.717) is 5.95 Å². The molecule has 1 N–H and O–H groups in total. The fraction of sp³-hybridized carbons (Fsp3) is 0.522. The Balaban J connectivity index is 2.18. The SMILES string of the molecule is CCCN(c1ncc(C(=O)O)cn1)c1cc(C(C)(C)C)cc2c1CCC2(C)C. The summed E-state index contributed by atoms with van der Waals surface area (Å²) >= 11 is 0. The van der Waals surface area contributed by atoms with E-state index in [0.717, 1.165) is 31.5 Å². The van der Waals surface area contributed by atoms with Crippen LogP contribution in [-0.2, 0) is 17.3 Å². The van der Waals surface area contributed by atoms with Crippen LogP contribution in [0.4, 0.5) is 11.6 Å². The van der Waals surface area contributed by atoms with Crippen LogP contribution in [-0.4, -0.2) is 27.6 Å². The van der Waals surface area contributed by atoms with Gasteiger partial charge < -0.3 is 10.0 Å². The van der Waals surface area contributed by atoms with E-state index in [4.69, 9.17) is 5.11 Å². The lowest BCUT2D eigenvalue weighted by molar-refractivity contribution is 0.0696. The third-order valence-electron chi connectivity index (χ3n) is 5.69. The molecule has 0 unspecified atom stereocenters. The van der Waals surface area contributed by atoms with Crippen molar-refractivity contribution >= 4 is 17.6 Å². The van der Waals surface area contributed by atoms with Crippen LogP contribution in [0, 0.1) is 0 Å². The highest BCUT2D eigenvalue weighted by Gasteiger charge is 2.34. The molecule has 5 nitrogen and oxygen atoms in total. The number of carbonyl (C=O) groups is 1. The van der Waals surface area contributed by atoms with Crippen LogP contribution in [0.2, 0.25) is 0 Å². The van der Waals surface area contributed by atoms with Gasteiger partial charge in [0.05, 0.1) is 5.56 Å². The summed E-state index contributed by atoms with van der Waals surface area (Å²) < 4.78 is 0. The molecule has 0 bridgehead atoms. The molecule has 0 saturated carbocycles. The molecule has 0 amide bonds. The summed E-state index contributed by atoms with van der Waals surface area (Å²) in [5.41, 5.74) is 5.55. The summed E-state index contributed by atoms with van der Waals surface area (Å²) in [7, 11) is 0. The molecule has 150 valence electrons. The van der Waals surface area contributed by atoms with Crippen LogP contribution < -0.4 is 4.90 Å². The summed E-state index contributed by atoms with van der Waals surface area (Å²) in [6.45, 7) is 14.3. The zero-order chi connectivity index (χ0) is 20.7. The van der Waals surface area contributed by atoms with Gasteiger partial charge in [-0.15, -0.1) is 0 Å². The topological polar surface area (TPSA) is 66.3 Å². The van der Waals surface area contributed by atoms with Crippen LogP contribution >= 0.6 is 0 Å². The molecule has 5 heteroatoms. The highest BCUT2D eigenvalue weighted by molar-refractivity contribution is 5.86. The fourth-order valence-corrected chi connectivity index (χ4v) is 3.89. The Bertz CT molecular complexity index is 880. The summed E-state index contributed by atoms with van der Waals surface area (Å²) in [4.78, 5) is 22.1. The molecule has 0 aliphatic heterocycles. The molecule has 0 fully saturated rings. The lowest BCUT2D eigenvalue weighted by Crippen LogP contribution is -2.24. The zero-order valence-electron chi connectivity index (χ0n) is 17.8. The van der Waals surface area contributed by atoms with Crippen molar-refractivity contribution in [3.8, 4) is 0 Å². The van der Waals surface area contributed by atoms with E-state index < -0.39 is 5.97 Å². The van der Waals surface area contributed by atoms with E-state index in [1.165, 1.54) is 29.1 Å². The molecule has 1 aliphatic carbocycles. The molecular weight excluding hydrogens is 350 g/mol. The number of carboxylic acid groups (broad SMARTS) is 1. The van der Waals surface area contributed by atoms with Crippen molar-refractivity contribution in [3.63, 3.8) is 0 Å². The molecule has 1 aromatic heterocycles. The van der Waals surface area contributed by atoms with E-state index in [9.17, 15) is 4.79 Å². The molecule has 0 atom stereocenters. The van der Waals surface area contributed by atoms with Gasteiger partial charge in [0, 0.05) is 24.6 Å². The predicted octanol–water partition coefficient (Wildman–Crippen LogP) is 5.24. The van der Waals surface area contributed by atoms with Gasteiger partial charge in [-0.05, 0) is 52.8 Å². The second-order valence-corrected chi connectivity index (χ2v) is 9.38. The third kappa shape index (κ3) is 3.75. The highest BCUT2D eigenvalue weighted by atomic mass is 16.4. The van der Waals surface area contributed by atoms with Gasteiger partial charge in [-0.2, -0.15) is 0 Å². The maximum atomic E-state index is 11.2. The van der Waals surface area contributed by atoms with Gasteiger partial charge in [0.1, 0.15) is 0 Å². The van der Waals surface area contributed by atoms with Crippen LogP contribution in [0.25, 0.3) is 0 Å². The highest BCUT2D eigenvalue weighted by Crippen LogP contribution is 2.46. The summed E-state index contributed by atoms with van der Waals surface area (Å²) in [6, 6.07) is 4.66. The van der Waals surface area contributed by atoms with Crippen LogP contribution in [0.3, 0.4) is 0 Å². The maximum absolute atomic E-state index is 11.2. The van der Waals surface area contributed by atoms with Crippen LogP contribution in [0.15, 0.2) is 24.5 Å². The Morgan fingerprint density at radius 1 is 1.21 bits per heavy atom. The van der Waals surface area contributed by atoms with Crippen LogP contribution in [0.5, 0.6) is 0 Å². The summed E-state index contributed by atoms with van der Waals surface area (Å²) in [5.74, 6) is -0.448. The zero-order valence-corrected chi connectivity index (χ0v) is 17.8. The Labute approximate surface area is 167 Å². The molecule has 28 heavy (non-hydrogen) atoms. The molecule has 0 radical (unpaired) electrons. The first kappa shape index (κ1) is 20.3. The third-order valence-corrected chi connectivity index (χ3v) is 5.69. The van der Waals surface area contributed by atoms with E-state index >= 15 is 0 Å². The Morgan fingerprint density at radius 2 is 1.86 bits per heavy atom. The van der Waals surface area contributed by atoms with Gasteiger partial charge in [0.25, 0.3) is 0 Å². The average Bonchev–Trinajstić information content (AvgIpc) is 2.94. The Hall–Kier alpha value is -2.43. The van der Waals surface area contributed by atoms with Gasteiger partial charge in [0.15, 0.2) is 0 Å². The minimum absolute atomic E-state index is 0.0361. The van der Waals surface area contributed by atoms with Gasteiger partial charge in [-0.25, -0.2) is 14.8 Å². The number of benzene rings is 1. The number of aromatic carboxylic acids is 1. The first-order chi connectivity index (χ1) is 13.0. The Morgan fingerprint density at radius 3 is 2.39 bits per heavy atom. The molecule has 1 heterocycles.